The van der Waals surface area contributed by atoms with Gasteiger partial charge >= 0.3 is 0 Å². The maximum absolute atomic E-state index is 9.11. The van der Waals surface area contributed by atoms with E-state index in [9.17, 15) is 0 Å². The molecule has 0 aromatic carbocycles. The van der Waals surface area contributed by atoms with Crippen molar-refractivity contribution in [2.24, 2.45) is 0 Å². The van der Waals surface area contributed by atoms with Gasteiger partial charge in [0, 0.05) is 36.0 Å². The van der Waals surface area contributed by atoms with Gasteiger partial charge in [-0.2, -0.15) is 0 Å². The number of hydrogen-bond donors (Lipinski definition) is 1. The lowest BCUT2D eigenvalue weighted by Crippen LogP contribution is -2.39. The summed E-state index contributed by atoms with van der Waals surface area (Å²) in [5, 5.41) is 10.2. The molecule has 1 aliphatic heterocycles. The van der Waals surface area contributed by atoms with Gasteiger partial charge in [-0.05, 0) is 31.9 Å². The molecule has 1 unspecified atom stereocenters. The van der Waals surface area contributed by atoms with Gasteiger partial charge in [0.15, 0.2) is 0 Å². The Morgan fingerprint density at radius 1 is 1.39 bits per heavy atom. The number of rotatable bonds is 4. The molecule has 100 valence electrons. The summed E-state index contributed by atoms with van der Waals surface area (Å²) in [6.45, 7) is 2.09. The molecule has 5 heteroatoms. The molecule has 18 heavy (non-hydrogen) atoms. The van der Waals surface area contributed by atoms with E-state index in [1.807, 2.05) is 0 Å². The molecule has 0 spiro atoms. The summed E-state index contributed by atoms with van der Waals surface area (Å²) < 4.78 is 0. The Hall–Kier alpha value is -0.350. The van der Waals surface area contributed by atoms with E-state index >= 15 is 0 Å². The molecule has 0 saturated carbocycles. The smallest absolute Gasteiger partial charge is 0.130 e. The predicted molar refractivity (Wildman–Crippen MR) is 74.0 cm³/mol. The van der Waals surface area contributed by atoms with Crippen molar-refractivity contribution in [3.8, 4) is 0 Å². The van der Waals surface area contributed by atoms with E-state index in [4.69, 9.17) is 28.3 Å². The topological polar surface area (TPSA) is 36.4 Å². The summed E-state index contributed by atoms with van der Waals surface area (Å²) in [6, 6.07) is 2.14. The van der Waals surface area contributed by atoms with Crippen molar-refractivity contribution in [1.82, 2.24) is 9.88 Å². The van der Waals surface area contributed by atoms with E-state index in [0.29, 0.717) is 16.2 Å². The van der Waals surface area contributed by atoms with Crippen LogP contribution in [0.15, 0.2) is 12.3 Å². The van der Waals surface area contributed by atoms with Crippen LogP contribution in [0.1, 0.15) is 31.2 Å². The number of aliphatic hydroxyl groups excluding tert-OH is 1. The maximum Gasteiger partial charge on any atom is 0.130 e. The third kappa shape index (κ3) is 3.58. The van der Waals surface area contributed by atoms with Gasteiger partial charge in [0.2, 0.25) is 0 Å². The first-order valence-corrected chi connectivity index (χ1v) is 7.11. The standard InChI is InChI=1S/C13H18Cl2N2O/c14-12-7-13(15)16-8-10(12)9-17-5-2-1-3-11(17)4-6-18/h7-8,11,18H,1-6,9H2. The van der Waals surface area contributed by atoms with Crippen LogP contribution >= 0.6 is 23.2 Å². The average molecular weight is 289 g/mol. The quantitative estimate of drug-likeness (QED) is 0.865. The molecule has 1 aromatic rings. The summed E-state index contributed by atoms with van der Waals surface area (Å²) in [5.41, 5.74) is 1.01. The number of piperidine rings is 1. The summed E-state index contributed by atoms with van der Waals surface area (Å²) in [5.74, 6) is 0. The van der Waals surface area contributed by atoms with Crippen LogP contribution in [0.5, 0.6) is 0 Å². The summed E-state index contributed by atoms with van der Waals surface area (Å²) in [6.07, 6.45) is 6.18. The number of likely N-dealkylation sites (tertiary alicyclic amines) is 1. The Morgan fingerprint density at radius 3 is 2.94 bits per heavy atom. The molecule has 2 rings (SSSR count). The fraction of sp³-hybridized carbons (Fsp3) is 0.615. The zero-order valence-corrected chi connectivity index (χ0v) is 11.8. The number of aromatic nitrogens is 1. The van der Waals surface area contributed by atoms with E-state index in [-0.39, 0.29) is 6.61 Å². The number of pyridine rings is 1. The Labute approximate surface area is 118 Å². The Bertz CT molecular complexity index is 399. The van der Waals surface area contributed by atoms with Gasteiger partial charge in [0.25, 0.3) is 0 Å². The molecule has 3 nitrogen and oxygen atoms in total. The molecule has 0 aliphatic carbocycles. The van der Waals surface area contributed by atoms with Crippen molar-refractivity contribution in [3.63, 3.8) is 0 Å². The van der Waals surface area contributed by atoms with E-state index in [1.165, 1.54) is 12.8 Å². The zero-order chi connectivity index (χ0) is 13.0. The van der Waals surface area contributed by atoms with Gasteiger partial charge in [-0.1, -0.05) is 29.6 Å². The van der Waals surface area contributed by atoms with E-state index < -0.39 is 0 Å². The monoisotopic (exact) mass is 288 g/mol. The van der Waals surface area contributed by atoms with Crippen LogP contribution in [0.3, 0.4) is 0 Å². The molecule has 1 aromatic heterocycles. The van der Waals surface area contributed by atoms with Crippen LogP contribution in [0.4, 0.5) is 0 Å². The minimum atomic E-state index is 0.244. The number of halogens is 2. The Balaban J connectivity index is 2.06. The lowest BCUT2D eigenvalue weighted by Gasteiger charge is -2.35. The highest BCUT2D eigenvalue weighted by Gasteiger charge is 2.22. The normalized spacial score (nSPS) is 21.2. The minimum absolute atomic E-state index is 0.244. The van der Waals surface area contributed by atoms with Crippen LogP contribution in [0.25, 0.3) is 0 Å². The highest BCUT2D eigenvalue weighted by atomic mass is 35.5. The highest BCUT2D eigenvalue weighted by molar-refractivity contribution is 6.34. The lowest BCUT2D eigenvalue weighted by atomic mass is 9.99. The second-order valence-corrected chi connectivity index (χ2v) is 5.53. The molecule has 0 radical (unpaired) electrons. The zero-order valence-electron chi connectivity index (χ0n) is 10.3. The second kappa shape index (κ2) is 6.71. The molecular weight excluding hydrogens is 271 g/mol. The molecule has 0 bridgehead atoms. The first-order chi connectivity index (χ1) is 8.70. The molecule has 1 saturated heterocycles. The maximum atomic E-state index is 9.11. The van der Waals surface area contributed by atoms with Crippen LogP contribution < -0.4 is 0 Å². The van der Waals surface area contributed by atoms with Gasteiger partial charge < -0.3 is 5.11 Å². The van der Waals surface area contributed by atoms with Crippen molar-refractivity contribution in [1.29, 1.82) is 0 Å². The van der Waals surface area contributed by atoms with Crippen molar-refractivity contribution >= 4 is 23.2 Å². The SMILES string of the molecule is OCCC1CCCCN1Cc1cnc(Cl)cc1Cl. The Morgan fingerprint density at radius 2 is 2.22 bits per heavy atom. The molecule has 1 aliphatic rings. The largest absolute Gasteiger partial charge is 0.396 e. The third-order valence-electron chi connectivity index (χ3n) is 3.48. The lowest BCUT2D eigenvalue weighted by molar-refractivity contribution is 0.112. The van der Waals surface area contributed by atoms with Gasteiger partial charge in [-0.3, -0.25) is 4.90 Å². The van der Waals surface area contributed by atoms with Gasteiger partial charge in [0.1, 0.15) is 5.15 Å². The van der Waals surface area contributed by atoms with Crippen molar-refractivity contribution in [2.75, 3.05) is 13.2 Å². The fourth-order valence-electron chi connectivity index (χ4n) is 2.52. The fourth-order valence-corrected chi connectivity index (χ4v) is 2.94. The van der Waals surface area contributed by atoms with E-state index in [1.54, 1.807) is 12.3 Å². The molecular formula is C13H18Cl2N2O. The summed E-state index contributed by atoms with van der Waals surface area (Å²) in [4.78, 5) is 6.47. The molecule has 1 N–H and O–H groups in total. The first kappa shape index (κ1) is 14.1. The average Bonchev–Trinajstić information content (AvgIpc) is 2.35. The molecule has 2 heterocycles. The van der Waals surface area contributed by atoms with Crippen LogP contribution in [-0.2, 0) is 6.54 Å². The molecule has 0 amide bonds. The minimum Gasteiger partial charge on any atom is -0.396 e. The van der Waals surface area contributed by atoms with Crippen LogP contribution in [0, 0.1) is 0 Å². The summed E-state index contributed by atoms with van der Waals surface area (Å²) in [7, 11) is 0. The molecule has 1 fully saturated rings. The van der Waals surface area contributed by atoms with Crippen molar-refractivity contribution in [2.45, 2.75) is 38.3 Å². The second-order valence-electron chi connectivity index (χ2n) is 4.73. The van der Waals surface area contributed by atoms with Crippen LogP contribution in [-0.4, -0.2) is 34.2 Å². The number of nitrogens with zero attached hydrogens (tertiary/aromatic N) is 2. The summed E-state index contributed by atoms with van der Waals surface area (Å²) >= 11 is 12.0. The van der Waals surface area contributed by atoms with E-state index in [2.05, 4.69) is 9.88 Å². The highest BCUT2D eigenvalue weighted by Crippen LogP contribution is 2.25. The third-order valence-corrected chi connectivity index (χ3v) is 4.04. The van der Waals surface area contributed by atoms with Gasteiger partial charge in [-0.25, -0.2) is 4.98 Å². The first-order valence-electron chi connectivity index (χ1n) is 6.35. The Kier molecular flexibility index (Phi) is 5.25. The van der Waals surface area contributed by atoms with Crippen molar-refractivity contribution < 1.29 is 5.11 Å². The van der Waals surface area contributed by atoms with E-state index in [0.717, 1.165) is 31.5 Å². The van der Waals surface area contributed by atoms with Gasteiger partial charge in [-0.15, -0.1) is 0 Å². The number of hydrogen-bond acceptors (Lipinski definition) is 3. The predicted octanol–water partition coefficient (Wildman–Crippen LogP) is 3.13. The van der Waals surface area contributed by atoms with Crippen molar-refractivity contribution in [3.05, 3.63) is 28.0 Å². The molecule has 1 atom stereocenters. The van der Waals surface area contributed by atoms with Gasteiger partial charge in [0.05, 0.1) is 0 Å². The number of aliphatic hydroxyl groups is 1. The van der Waals surface area contributed by atoms with Crippen LogP contribution in [0.2, 0.25) is 10.2 Å².